The lowest BCUT2D eigenvalue weighted by Crippen LogP contribution is -2.10. The van der Waals surface area contributed by atoms with Gasteiger partial charge >= 0.3 is 5.97 Å². The zero-order valence-electron chi connectivity index (χ0n) is 10.3. The second kappa shape index (κ2) is 4.91. The van der Waals surface area contributed by atoms with Crippen molar-refractivity contribution >= 4 is 17.5 Å². The van der Waals surface area contributed by atoms with Crippen molar-refractivity contribution in [2.75, 3.05) is 0 Å². The first-order chi connectivity index (χ1) is 7.84. The Bertz CT molecular complexity index is 500. The third kappa shape index (κ3) is 2.78. The molecule has 0 amide bonds. The second-order valence-corrected chi connectivity index (χ2v) is 3.82. The largest absolute Gasteiger partial charge is 0.426 e. The first-order valence-electron chi connectivity index (χ1n) is 5.18. The molecular weight excluding hydrogens is 220 g/mol. The van der Waals surface area contributed by atoms with Gasteiger partial charge in [0.2, 0.25) is 0 Å². The normalized spacial score (nSPS) is 9.88. The summed E-state index contributed by atoms with van der Waals surface area (Å²) >= 11 is 0. The minimum absolute atomic E-state index is 0.126. The van der Waals surface area contributed by atoms with Crippen LogP contribution in [0.2, 0.25) is 0 Å². The van der Waals surface area contributed by atoms with Crippen molar-refractivity contribution < 1.29 is 19.1 Å². The van der Waals surface area contributed by atoms with Crippen LogP contribution in [0, 0.1) is 6.92 Å². The standard InChI is InChI=1S/C13H14O4/c1-7-11(8(2)14)5-6-12(17-10(4)16)13(7)9(3)15/h5-6H,1-4H3. The predicted octanol–water partition coefficient (Wildman–Crippen LogP) is 2.33. The van der Waals surface area contributed by atoms with Crippen LogP contribution in [0.15, 0.2) is 12.1 Å². The van der Waals surface area contributed by atoms with Crippen molar-refractivity contribution in [3.63, 3.8) is 0 Å². The maximum Gasteiger partial charge on any atom is 0.308 e. The molecule has 0 aliphatic rings. The Hall–Kier alpha value is -1.97. The summed E-state index contributed by atoms with van der Waals surface area (Å²) in [6.45, 7) is 5.73. The highest BCUT2D eigenvalue weighted by molar-refractivity contribution is 6.04. The molecule has 0 spiro atoms. The molecule has 4 nitrogen and oxygen atoms in total. The van der Waals surface area contributed by atoms with E-state index in [-0.39, 0.29) is 22.9 Å². The van der Waals surface area contributed by atoms with Gasteiger partial charge in [-0.15, -0.1) is 0 Å². The van der Waals surface area contributed by atoms with Crippen molar-refractivity contribution in [3.8, 4) is 5.75 Å². The zero-order chi connectivity index (χ0) is 13.2. The molecule has 4 heteroatoms. The molecule has 0 unspecified atom stereocenters. The molecule has 0 fully saturated rings. The average molecular weight is 234 g/mol. The van der Waals surface area contributed by atoms with Gasteiger partial charge in [-0.05, 0) is 38.5 Å². The van der Waals surface area contributed by atoms with Gasteiger partial charge in [-0.25, -0.2) is 0 Å². The maximum absolute atomic E-state index is 11.5. The fourth-order valence-corrected chi connectivity index (χ4v) is 1.75. The van der Waals surface area contributed by atoms with E-state index >= 15 is 0 Å². The van der Waals surface area contributed by atoms with Gasteiger partial charge in [-0.2, -0.15) is 0 Å². The third-order valence-corrected chi connectivity index (χ3v) is 2.41. The van der Waals surface area contributed by atoms with Crippen LogP contribution in [0.3, 0.4) is 0 Å². The van der Waals surface area contributed by atoms with Crippen molar-refractivity contribution in [2.24, 2.45) is 0 Å². The molecule has 90 valence electrons. The predicted molar refractivity (Wildman–Crippen MR) is 62.5 cm³/mol. The summed E-state index contributed by atoms with van der Waals surface area (Å²) in [5.74, 6) is -0.656. The van der Waals surface area contributed by atoms with E-state index < -0.39 is 5.97 Å². The zero-order valence-corrected chi connectivity index (χ0v) is 10.3. The van der Waals surface area contributed by atoms with E-state index in [1.54, 1.807) is 13.0 Å². The smallest absolute Gasteiger partial charge is 0.308 e. The van der Waals surface area contributed by atoms with Gasteiger partial charge in [0.15, 0.2) is 11.6 Å². The number of ether oxygens (including phenoxy) is 1. The molecular formula is C13H14O4. The molecule has 0 heterocycles. The number of benzene rings is 1. The lowest BCUT2D eigenvalue weighted by molar-refractivity contribution is -0.131. The molecule has 0 saturated carbocycles. The molecule has 1 rings (SSSR count). The Morgan fingerprint density at radius 2 is 1.59 bits per heavy atom. The van der Waals surface area contributed by atoms with Crippen molar-refractivity contribution in [1.82, 2.24) is 0 Å². The van der Waals surface area contributed by atoms with Crippen LogP contribution in [0.5, 0.6) is 5.75 Å². The lowest BCUT2D eigenvalue weighted by Gasteiger charge is -2.12. The monoisotopic (exact) mass is 234 g/mol. The van der Waals surface area contributed by atoms with Gasteiger partial charge in [0.25, 0.3) is 0 Å². The Labute approximate surface area is 99.6 Å². The highest BCUT2D eigenvalue weighted by Gasteiger charge is 2.17. The van der Waals surface area contributed by atoms with Crippen molar-refractivity contribution in [1.29, 1.82) is 0 Å². The lowest BCUT2D eigenvalue weighted by atomic mass is 9.97. The Kier molecular flexibility index (Phi) is 3.78. The molecule has 0 aliphatic heterocycles. The van der Waals surface area contributed by atoms with Gasteiger partial charge in [-0.1, -0.05) is 0 Å². The van der Waals surface area contributed by atoms with E-state index in [2.05, 4.69) is 0 Å². The van der Waals surface area contributed by atoms with Crippen LogP contribution < -0.4 is 4.74 Å². The van der Waals surface area contributed by atoms with Crippen molar-refractivity contribution in [3.05, 3.63) is 28.8 Å². The van der Waals surface area contributed by atoms with Gasteiger partial charge in [0.05, 0.1) is 5.56 Å². The summed E-state index contributed by atoms with van der Waals surface area (Å²) < 4.78 is 4.95. The Morgan fingerprint density at radius 1 is 1.00 bits per heavy atom. The topological polar surface area (TPSA) is 60.4 Å². The van der Waals surface area contributed by atoms with E-state index in [0.29, 0.717) is 11.1 Å². The number of carbonyl (C=O) groups is 3. The fraction of sp³-hybridized carbons (Fsp3) is 0.308. The molecule has 0 radical (unpaired) electrons. The number of rotatable bonds is 3. The summed E-state index contributed by atoms with van der Waals surface area (Å²) in [6, 6.07) is 3.03. The maximum atomic E-state index is 11.5. The molecule has 0 saturated heterocycles. The fourth-order valence-electron chi connectivity index (χ4n) is 1.75. The summed E-state index contributed by atoms with van der Waals surface area (Å²) in [6.07, 6.45) is 0. The molecule has 1 aromatic rings. The third-order valence-electron chi connectivity index (χ3n) is 2.41. The summed E-state index contributed by atoms with van der Waals surface area (Å²) in [5.41, 5.74) is 1.29. The molecule has 0 N–H and O–H groups in total. The molecule has 0 aliphatic carbocycles. The second-order valence-electron chi connectivity index (χ2n) is 3.82. The average Bonchev–Trinajstić information content (AvgIpc) is 2.15. The minimum Gasteiger partial charge on any atom is -0.426 e. The quantitative estimate of drug-likeness (QED) is 0.457. The number of hydrogen-bond donors (Lipinski definition) is 0. The van der Waals surface area contributed by atoms with Crippen LogP contribution in [0.25, 0.3) is 0 Å². The summed E-state index contributed by atoms with van der Waals surface area (Å²) in [4.78, 5) is 33.8. The van der Waals surface area contributed by atoms with Crippen LogP contribution in [-0.4, -0.2) is 17.5 Å². The van der Waals surface area contributed by atoms with Crippen LogP contribution in [-0.2, 0) is 4.79 Å². The molecule has 0 bridgehead atoms. The van der Waals surface area contributed by atoms with Gasteiger partial charge in [0, 0.05) is 12.5 Å². The van der Waals surface area contributed by atoms with E-state index in [4.69, 9.17) is 4.74 Å². The number of carbonyl (C=O) groups excluding carboxylic acids is 3. The van der Waals surface area contributed by atoms with E-state index in [0.717, 1.165) is 0 Å². The number of ketones is 2. The minimum atomic E-state index is -0.498. The van der Waals surface area contributed by atoms with E-state index in [1.807, 2.05) is 0 Å². The molecule has 0 atom stereocenters. The summed E-state index contributed by atoms with van der Waals surface area (Å²) in [7, 11) is 0. The number of esters is 1. The van der Waals surface area contributed by atoms with Crippen LogP contribution in [0.4, 0.5) is 0 Å². The summed E-state index contributed by atoms with van der Waals surface area (Å²) in [5, 5.41) is 0. The van der Waals surface area contributed by atoms with Crippen LogP contribution in [0.1, 0.15) is 47.1 Å². The highest BCUT2D eigenvalue weighted by atomic mass is 16.5. The van der Waals surface area contributed by atoms with E-state index in [9.17, 15) is 14.4 Å². The molecule has 1 aromatic carbocycles. The Morgan fingerprint density at radius 3 is 2.00 bits per heavy atom. The first kappa shape index (κ1) is 13.1. The first-order valence-corrected chi connectivity index (χ1v) is 5.18. The van der Waals surface area contributed by atoms with Gasteiger partial charge < -0.3 is 4.74 Å². The number of hydrogen-bond acceptors (Lipinski definition) is 4. The van der Waals surface area contributed by atoms with Crippen LogP contribution >= 0.6 is 0 Å². The van der Waals surface area contributed by atoms with Crippen molar-refractivity contribution in [2.45, 2.75) is 27.7 Å². The van der Waals surface area contributed by atoms with E-state index in [1.165, 1.54) is 26.8 Å². The number of Topliss-reactive ketones (excluding diaryl/α,β-unsaturated/α-hetero) is 2. The van der Waals surface area contributed by atoms with Gasteiger partial charge in [-0.3, -0.25) is 14.4 Å². The highest BCUT2D eigenvalue weighted by Crippen LogP contribution is 2.26. The van der Waals surface area contributed by atoms with Gasteiger partial charge in [0.1, 0.15) is 5.75 Å². The molecule has 0 aromatic heterocycles. The SMILES string of the molecule is CC(=O)Oc1ccc(C(C)=O)c(C)c1C(C)=O. The Balaban J connectivity index is 3.44. The molecule has 17 heavy (non-hydrogen) atoms.